The first-order valence-electron chi connectivity index (χ1n) is 6.71. The average Bonchev–Trinajstić information content (AvgIpc) is 2.48. The van der Waals surface area contributed by atoms with Crippen LogP contribution in [-0.2, 0) is 4.79 Å². The SMILES string of the molecule is CC(=O)Oc1cccc(C(=O)Nc2ccc(C)cc2[N+](=O)[O-])c1. The van der Waals surface area contributed by atoms with Crippen LogP contribution in [0.4, 0.5) is 11.4 Å². The molecule has 2 aromatic carbocycles. The molecule has 7 heteroatoms. The van der Waals surface area contributed by atoms with Crippen LogP contribution in [-0.4, -0.2) is 16.8 Å². The molecular formula is C16H14N2O5. The summed E-state index contributed by atoms with van der Waals surface area (Å²) in [6.45, 7) is 2.98. The minimum Gasteiger partial charge on any atom is -0.427 e. The highest BCUT2D eigenvalue weighted by Crippen LogP contribution is 2.26. The Labute approximate surface area is 132 Å². The van der Waals surface area contributed by atoms with Crippen LogP contribution >= 0.6 is 0 Å². The molecule has 0 aliphatic heterocycles. The first-order chi connectivity index (χ1) is 10.9. The summed E-state index contributed by atoms with van der Waals surface area (Å²) in [5, 5.41) is 13.6. The van der Waals surface area contributed by atoms with Crippen molar-refractivity contribution in [3.63, 3.8) is 0 Å². The molecule has 0 saturated carbocycles. The second-order valence-corrected chi connectivity index (χ2v) is 4.85. The number of nitrogens with one attached hydrogen (secondary N) is 1. The van der Waals surface area contributed by atoms with E-state index in [9.17, 15) is 19.7 Å². The lowest BCUT2D eigenvalue weighted by Gasteiger charge is -2.08. The van der Waals surface area contributed by atoms with Crippen LogP contribution in [0.1, 0.15) is 22.8 Å². The van der Waals surface area contributed by atoms with E-state index in [2.05, 4.69) is 5.32 Å². The minimum absolute atomic E-state index is 0.100. The van der Waals surface area contributed by atoms with E-state index in [0.717, 1.165) is 0 Å². The second-order valence-electron chi connectivity index (χ2n) is 4.85. The van der Waals surface area contributed by atoms with Crippen molar-refractivity contribution in [1.29, 1.82) is 0 Å². The minimum atomic E-state index is -0.558. The van der Waals surface area contributed by atoms with Gasteiger partial charge in [-0.2, -0.15) is 0 Å². The maximum Gasteiger partial charge on any atom is 0.308 e. The molecule has 0 atom stereocenters. The standard InChI is InChI=1S/C16H14N2O5/c1-10-6-7-14(15(8-10)18(21)22)17-16(20)12-4-3-5-13(9-12)23-11(2)19/h3-9H,1-2H3,(H,17,20). The number of rotatable bonds is 4. The van der Waals surface area contributed by atoms with Crippen LogP contribution in [0.2, 0.25) is 0 Å². The number of aryl methyl sites for hydroxylation is 1. The molecule has 0 aliphatic carbocycles. The third-order valence-electron chi connectivity index (χ3n) is 2.96. The van der Waals surface area contributed by atoms with Crippen LogP contribution in [0.3, 0.4) is 0 Å². The molecule has 0 aliphatic rings. The molecule has 0 unspecified atom stereocenters. The first-order valence-corrected chi connectivity index (χ1v) is 6.71. The van der Waals surface area contributed by atoms with Gasteiger partial charge in [0.05, 0.1) is 4.92 Å². The van der Waals surface area contributed by atoms with Gasteiger partial charge in [-0.05, 0) is 36.8 Å². The summed E-state index contributed by atoms with van der Waals surface area (Å²) >= 11 is 0. The van der Waals surface area contributed by atoms with E-state index in [1.807, 2.05) is 0 Å². The normalized spacial score (nSPS) is 10.0. The van der Waals surface area contributed by atoms with Crippen LogP contribution in [0.15, 0.2) is 42.5 Å². The third-order valence-corrected chi connectivity index (χ3v) is 2.96. The number of nitrogens with zero attached hydrogens (tertiary/aromatic N) is 1. The number of carbonyl (C=O) groups excluding carboxylic acids is 2. The lowest BCUT2D eigenvalue weighted by Crippen LogP contribution is -2.13. The molecule has 0 saturated heterocycles. The summed E-state index contributed by atoms with van der Waals surface area (Å²) < 4.78 is 4.91. The predicted molar refractivity (Wildman–Crippen MR) is 83.5 cm³/mol. The number of hydrogen-bond donors (Lipinski definition) is 1. The van der Waals surface area contributed by atoms with Gasteiger partial charge in [0, 0.05) is 18.6 Å². The fourth-order valence-corrected chi connectivity index (χ4v) is 1.96. The molecule has 0 heterocycles. The van der Waals surface area contributed by atoms with Gasteiger partial charge in [-0.1, -0.05) is 12.1 Å². The van der Waals surface area contributed by atoms with Gasteiger partial charge in [-0.25, -0.2) is 0 Å². The molecule has 0 bridgehead atoms. The van der Waals surface area contributed by atoms with Crippen molar-refractivity contribution >= 4 is 23.3 Å². The molecule has 2 rings (SSSR count). The smallest absolute Gasteiger partial charge is 0.308 e. The topological polar surface area (TPSA) is 98.5 Å². The Bertz CT molecular complexity index is 786. The molecule has 0 radical (unpaired) electrons. The summed E-state index contributed by atoms with van der Waals surface area (Å²) in [6, 6.07) is 10.5. The molecule has 0 aromatic heterocycles. The maximum absolute atomic E-state index is 12.2. The zero-order valence-electron chi connectivity index (χ0n) is 12.5. The van der Waals surface area contributed by atoms with E-state index in [-0.39, 0.29) is 22.7 Å². The van der Waals surface area contributed by atoms with Crippen molar-refractivity contribution in [2.45, 2.75) is 13.8 Å². The summed E-state index contributed by atoms with van der Waals surface area (Å²) in [7, 11) is 0. The van der Waals surface area contributed by atoms with Crippen molar-refractivity contribution in [1.82, 2.24) is 0 Å². The Morgan fingerprint density at radius 3 is 2.57 bits per heavy atom. The molecule has 0 fully saturated rings. The van der Waals surface area contributed by atoms with Crippen molar-refractivity contribution in [3.8, 4) is 5.75 Å². The predicted octanol–water partition coefficient (Wildman–Crippen LogP) is 3.08. The van der Waals surface area contributed by atoms with Crippen molar-refractivity contribution in [2.75, 3.05) is 5.32 Å². The number of ether oxygens (including phenoxy) is 1. The number of nitro groups is 1. The van der Waals surface area contributed by atoms with Gasteiger partial charge in [0.2, 0.25) is 0 Å². The lowest BCUT2D eigenvalue weighted by molar-refractivity contribution is -0.384. The van der Waals surface area contributed by atoms with Crippen LogP contribution in [0.5, 0.6) is 5.75 Å². The van der Waals surface area contributed by atoms with E-state index in [0.29, 0.717) is 5.56 Å². The highest BCUT2D eigenvalue weighted by Gasteiger charge is 2.17. The second kappa shape index (κ2) is 6.69. The highest BCUT2D eigenvalue weighted by atomic mass is 16.6. The zero-order chi connectivity index (χ0) is 17.0. The monoisotopic (exact) mass is 314 g/mol. The van der Waals surface area contributed by atoms with E-state index >= 15 is 0 Å². The molecule has 1 amide bonds. The van der Waals surface area contributed by atoms with Crippen LogP contribution < -0.4 is 10.1 Å². The van der Waals surface area contributed by atoms with Gasteiger partial charge in [-0.15, -0.1) is 0 Å². The van der Waals surface area contributed by atoms with Crippen LogP contribution in [0, 0.1) is 17.0 Å². The molecular weight excluding hydrogens is 300 g/mol. The van der Waals surface area contributed by atoms with E-state index in [1.54, 1.807) is 19.1 Å². The fourth-order valence-electron chi connectivity index (χ4n) is 1.96. The van der Waals surface area contributed by atoms with Gasteiger partial charge in [0.25, 0.3) is 11.6 Å². The Balaban J connectivity index is 2.26. The van der Waals surface area contributed by atoms with Gasteiger partial charge in [0.15, 0.2) is 0 Å². The van der Waals surface area contributed by atoms with Crippen molar-refractivity contribution in [2.24, 2.45) is 0 Å². The Morgan fingerprint density at radius 1 is 1.17 bits per heavy atom. The van der Waals surface area contributed by atoms with Gasteiger partial charge in [0.1, 0.15) is 11.4 Å². The summed E-state index contributed by atoms with van der Waals surface area (Å²) in [6.07, 6.45) is 0. The maximum atomic E-state index is 12.2. The molecule has 0 spiro atoms. The summed E-state index contributed by atoms with van der Waals surface area (Å²) in [4.78, 5) is 33.7. The Kier molecular flexibility index (Phi) is 4.70. The highest BCUT2D eigenvalue weighted by molar-refractivity contribution is 6.05. The number of hydrogen-bond acceptors (Lipinski definition) is 5. The van der Waals surface area contributed by atoms with E-state index in [4.69, 9.17) is 4.74 Å². The van der Waals surface area contributed by atoms with Crippen molar-refractivity contribution < 1.29 is 19.2 Å². The number of amides is 1. The third kappa shape index (κ3) is 4.13. The quantitative estimate of drug-likeness (QED) is 0.404. The summed E-state index contributed by atoms with van der Waals surface area (Å²) in [5.74, 6) is -0.814. The van der Waals surface area contributed by atoms with Crippen LogP contribution in [0.25, 0.3) is 0 Å². The number of benzene rings is 2. The molecule has 7 nitrogen and oxygen atoms in total. The Morgan fingerprint density at radius 2 is 1.91 bits per heavy atom. The number of carbonyl (C=O) groups is 2. The molecule has 2 aromatic rings. The summed E-state index contributed by atoms with van der Waals surface area (Å²) in [5.41, 5.74) is 0.850. The van der Waals surface area contributed by atoms with Gasteiger partial charge in [-0.3, -0.25) is 19.7 Å². The average molecular weight is 314 g/mol. The van der Waals surface area contributed by atoms with Crippen molar-refractivity contribution in [3.05, 3.63) is 63.7 Å². The Hall–Kier alpha value is -3.22. The lowest BCUT2D eigenvalue weighted by atomic mass is 10.1. The largest absolute Gasteiger partial charge is 0.427 e. The van der Waals surface area contributed by atoms with Gasteiger partial charge >= 0.3 is 5.97 Å². The molecule has 118 valence electrons. The first kappa shape index (κ1) is 16.2. The van der Waals surface area contributed by atoms with E-state index < -0.39 is 16.8 Å². The fraction of sp³-hybridized carbons (Fsp3) is 0.125. The number of esters is 1. The van der Waals surface area contributed by atoms with E-state index in [1.165, 1.54) is 37.3 Å². The zero-order valence-corrected chi connectivity index (χ0v) is 12.5. The molecule has 1 N–H and O–H groups in total. The molecule has 23 heavy (non-hydrogen) atoms. The number of anilines is 1. The number of nitro benzene ring substituents is 1. The van der Waals surface area contributed by atoms with Gasteiger partial charge < -0.3 is 10.1 Å².